The van der Waals surface area contributed by atoms with Gasteiger partial charge < -0.3 is 21.5 Å². The molecule has 0 aliphatic carbocycles. The highest BCUT2D eigenvalue weighted by Crippen LogP contribution is 2.30. The number of hydrogen-bond donors (Lipinski definition) is 3. The number of primary amides is 1. The Labute approximate surface area is 117 Å². The summed E-state index contributed by atoms with van der Waals surface area (Å²) < 4.78 is 0. The number of hydrogen-bond acceptors (Lipinski definition) is 4. The molecule has 0 bridgehead atoms. The molecule has 1 aliphatic rings. The van der Waals surface area contributed by atoms with Crippen LogP contribution in [0, 0.1) is 6.92 Å². The Morgan fingerprint density at radius 2 is 2.05 bits per heavy atom. The third kappa shape index (κ3) is 2.54. The van der Waals surface area contributed by atoms with Gasteiger partial charge >= 0.3 is 5.97 Å². The zero-order valence-corrected chi connectivity index (χ0v) is 11.4. The van der Waals surface area contributed by atoms with Gasteiger partial charge in [-0.05, 0) is 43.9 Å². The van der Waals surface area contributed by atoms with Gasteiger partial charge in [-0.2, -0.15) is 0 Å². The number of carboxylic acids is 1. The second-order valence-electron chi connectivity index (χ2n) is 5.14. The number of nitrogen functional groups attached to an aromatic ring is 1. The van der Waals surface area contributed by atoms with Crippen molar-refractivity contribution in [3.8, 4) is 0 Å². The SMILES string of the molecule is Cc1cc(N2CCCCC2C(N)=O)cc(C(=O)O)c1N. The third-order valence-corrected chi connectivity index (χ3v) is 3.76. The van der Waals surface area contributed by atoms with Gasteiger partial charge in [0.1, 0.15) is 6.04 Å². The van der Waals surface area contributed by atoms with Crippen molar-refractivity contribution in [1.82, 2.24) is 0 Å². The maximum Gasteiger partial charge on any atom is 0.337 e. The summed E-state index contributed by atoms with van der Waals surface area (Å²) in [7, 11) is 0. The van der Waals surface area contributed by atoms with E-state index in [9.17, 15) is 14.7 Å². The Bertz CT molecular complexity index is 557. The minimum Gasteiger partial charge on any atom is -0.478 e. The van der Waals surface area contributed by atoms with E-state index in [-0.39, 0.29) is 23.2 Å². The molecule has 1 saturated heterocycles. The van der Waals surface area contributed by atoms with Gasteiger partial charge in [0.25, 0.3) is 0 Å². The zero-order valence-electron chi connectivity index (χ0n) is 11.4. The van der Waals surface area contributed by atoms with Gasteiger partial charge in [0, 0.05) is 17.9 Å². The highest BCUT2D eigenvalue weighted by atomic mass is 16.4. The van der Waals surface area contributed by atoms with Crippen LogP contribution in [0.25, 0.3) is 0 Å². The van der Waals surface area contributed by atoms with Crippen molar-refractivity contribution in [2.75, 3.05) is 17.2 Å². The van der Waals surface area contributed by atoms with E-state index in [2.05, 4.69) is 0 Å². The van der Waals surface area contributed by atoms with Gasteiger partial charge in [0.05, 0.1) is 5.56 Å². The van der Waals surface area contributed by atoms with E-state index in [0.29, 0.717) is 24.2 Å². The second kappa shape index (κ2) is 5.40. The first-order valence-electron chi connectivity index (χ1n) is 6.61. The monoisotopic (exact) mass is 277 g/mol. The molecular formula is C14H19N3O3. The molecule has 1 amide bonds. The second-order valence-corrected chi connectivity index (χ2v) is 5.14. The van der Waals surface area contributed by atoms with Crippen LogP contribution in [0.5, 0.6) is 0 Å². The molecule has 0 saturated carbocycles. The molecule has 6 heteroatoms. The summed E-state index contributed by atoms with van der Waals surface area (Å²) in [5.74, 6) is -1.45. The summed E-state index contributed by atoms with van der Waals surface area (Å²) in [4.78, 5) is 24.7. The Morgan fingerprint density at radius 1 is 1.35 bits per heavy atom. The van der Waals surface area contributed by atoms with Gasteiger partial charge in [0.15, 0.2) is 0 Å². The normalized spacial score (nSPS) is 18.9. The van der Waals surface area contributed by atoms with Crippen LogP contribution in [0.2, 0.25) is 0 Å². The molecule has 0 aromatic heterocycles. The molecule has 1 aliphatic heterocycles. The average Bonchev–Trinajstić information content (AvgIpc) is 2.41. The van der Waals surface area contributed by atoms with E-state index < -0.39 is 5.97 Å². The quantitative estimate of drug-likeness (QED) is 0.717. The molecule has 1 heterocycles. The lowest BCUT2D eigenvalue weighted by molar-refractivity contribution is -0.119. The van der Waals surface area contributed by atoms with Crippen LogP contribution in [0.1, 0.15) is 35.2 Å². The molecule has 2 rings (SSSR count). The molecule has 1 aromatic carbocycles. The maximum absolute atomic E-state index is 11.5. The van der Waals surface area contributed by atoms with Crippen molar-refractivity contribution in [3.05, 3.63) is 23.3 Å². The fourth-order valence-corrected chi connectivity index (χ4v) is 2.66. The summed E-state index contributed by atoms with van der Waals surface area (Å²) in [5, 5.41) is 9.20. The first kappa shape index (κ1) is 14.2. The molecule has 1 atom stereocenters. The minimum absolute atomic E-state index is 0.0637. The number of amides is 1. The van der Waals surface area contributed by atoms with E-state index in [1.807, 2.05) is 11.0 Å². The number of rotatable bonds is 3. The van der Waals surface area contributed by atoms with Crippen molar-refractivity contribution < 1.29 is 14.7 Å². The lowest BCUT2D eigenvalue weighted by Crippen LogP contribution is -2.48. The summed E-state index contributed by atoms with van der Waals surface area (Å²) in [5.41, 5.74) is 12.9. The fraction of sp³-hybridized carbons (Fsp3) is 0.429. The van der Waals surface area contributed by atoms with E-state index in [1.54, 1.807) is 6.92 Å². The predicted molar refractivity (Wildman–Crippen MR) is 76.7 cm³/mol. The number of aromatic carboxylic acids is 1. The van der Waals surface area contributed by atoms with Crippen molar-refractivity contribution in [3.63, 3.8) is 0 Å². The Hall–Kier alpha value is -2.24. The van der Waals surface area contributed by atoms with Crippen molar-refractivity contribution in [2.45, 2.75) is 32.2 Å². The summed E-state index contributed by atoms with van der Waals surface area (Å²) in [6.45, 7) is 2.45. The average molecular weight is 277 g/mol. The Morgan fingerprint density at radius 3 is 2.65 bits per heavy atom. The van der Waals surface area contributed by atoms with E-state index >= 15 is 0 Å². The molecule has 5 N–H and O–H groups in total. The highest BCUT2D eigenvalue weighted by molar-refractivity contribution is 5.96. The molecule has 108 valence electrons. The van der Waals surface area contributed by atoms with Gasteiger partial charge in [-0.3, -0.25) is 4.79 Å². The van der Waals surface area contributed by atoms with Crippen LogP contribution in [-0.4, -0.2) is 29.6 Å². The smallest absolute Gasteiger partial charge is 0.337 e. The number of piperidine rings is 1. The summed E-state index contributed by atoms with van der Waals surface area (Å²) in [6, 6.07) is 2.95. The molecule has 6 nitrogen and oxygen atoms in total. The van der Waals surface area contributed by atoms with Crippen LogP contribution in [0.3, 0.4) is 0 Å². The van der Waals surface area contributed by atoms with Crippen LogP contribution >= 0.6 is 0 Å². The molecule has 0 radical (unpaired) electrons. The van der Waals surface area contributed by atoms with Crippen LogP contribution in [-0.2, 0) is 4.79 Å². The first-order chi connectivity index (χ1) is 9.41. The Balaban J connectivity index is 2.45. The van der Waals surface area contributed by atoms with Crippen molar-refractivity contribution in [2.24, 2.45) is 5.73 Å². The first-order valence-corrected chi connectivity index (χ1v) is 6.61. The zero-order chi connectivity index (χ0) is 14.9. The Kier molecular flexibility index (Phi) is 3.83. The van der Waals surface area contributed by atoms with Crippen molar-refractivity contribution in [1.29, 1.82) is 0 Å². The topological polar surface area (TPSA) is 110 Å². The minimum atomic E-state index is -1.07. The van der Waals surface area contributed by atoms with Gasteiger partial charge in [-0.1, -0.05) is 0 Å². The molecule has 1 fully saturated rings. The van der Waals surface area contributed by atoms with Crippen molar-refractivity contribution >= 4 is 23.3 Å². The summed E-state index contributed by atoms with van der Waals surface area (Å²) >= 11 is 0. The van der Waals surface area contributed by atoms with E-state index in [1.165, 1.54) is 6.07 Å². The number of anilines is 2. The predicted octanol–water partition coefficient (Wildman–Crippen LogP) is 1.12. The third-order valence-electron chi connectivity index (χ3n) is 3.76. The summed E-state index contributed by atoms with van der Waals surface area (Å²) in [6.07, 6.45) is 2.60. The molecular weight excluding hydrogens is 258 g/mol. The fourth-order valence-electron chi connectivity index (χ4n) is 2.66. The van der Waals surface area contributed by atoms with Crippen LogP contribution in [0.15, 0.2) is 12.1 Å². The number of benzene rings is 1. The molecule has 0 spiro atoms. The molecule has 1 aromatic rings. The number of nitrogens with zero attached hydrogens (tertiary/aromatic N) is 1. The molecule has 1 unspecified atom stereocenters. The number of carbonyl (C=O) groups excluding carboxylic acids is 1. The largest absolute Gasteiger partial charge is 0.478 e. The van der Waals surface area contributed by atoms with Gasteiger partial charge in [-0.15, -0.1) is 0 Å². The van der Waals surface area contributed by atoms with E-state index in [4.69, 9.17) is 11.5 Å². The number of carboxylic acid groups (broad SMARTS) is 1. The van der Waals surface area contributed by atoms with Gasteiger partial charge in [-0.25, -0.2) is 4.79 Å². The number of aryl methyl sites for hydroxylation is 1. The lowest BCUT2D eigenvalue weighted by Gasteiger charge is -2.36. The standard InChI is InChI=1S/C14H19N3O3/c1-8-6-9(7-10(12(8)15)14(19)20)17-5-3-2-4-11(17)13(16)18/h6-7,11H,2-5,15H2,1H3,(H2,16,18)(H,19,20). The van der Waals surface area contributed by atoms with Crippen LogP contribution < -0.4 is 16.4 Å². The maximum atomic E-state index is 11.5. The molecule has 20 heavy (non-hydrogen) atoms. The van der Waals surface area contributed by atoms with Gasteiger partial charge in [0.2, 0.25) is 5.91 Å². The van der Waals surface area contributed by atoms with E-state index in [0.717, 1.165) is 12.8 Å². The lowest BCUT2D eigenvalue weighted by atomic mass is 9.99. The highest BCUT2D eigenvalue weighted by Gasteiger charge is 2.28. The number of nitrogens with two attached hydrogens (primary N) is 2. The number of carbonyl (C=O) groups is 2. The van der Waals surface area contributed by atoms with Crippen LogP contribution in [0.4, 0.5) is 11.4 Å².